The second-order valence-electron chi connectivity index (χ2n) is 0. The third-order valence-electron chi connectivity index (χ3n) is 0. The fourth-order valence-corrected chi connectivity index (χ4v) is 0. The molecule has 0 rings (SSSR count). The van der Waals surface area contributed by atoms with E-state index in [4.69, 9.17) is 5.11 Å². The van der Waals surface area contributed by atoms with Gasteiger partial charge in [-0.1, -0.05) is 0 Å². The van der Waals surface area contributed by atoms with E-state index in [0.29, 0.717) is 0 Å². The second-order valence-corrected chi connectivity index (χ2v) is 0. The van der Waals surface area contributed by atoms with E-state index in [1.807, 2.05) is 0 Å². The summed E-state index contributed by atoms with van der Waals surface area (Å²) in [5, 5.41) is 7.00. The molecule has 0 aliphatic carbocycles. The van der Waals surface area contributed by atoms with Crippen LogP contribution in [0.4, 0.5) is 0 Å². The number of aliphatic hydroxyl groups excluding tert-OH is 1. The maximum atomic E-state index is 7.00. The summed E-state index contributed by atoms with van der Waals surface area (Å²) < 4.78 is 0. The second kappa shape index (κ2) is 217. The molecule has 7 nitrogen and oxygen atoms in total. The van der Waals surface area contributed by atoms with Gasteiger partial charge in [-0.25, -0.2) is 0 Å². The minimum Gasteiger partial charge on any atom is -0.870 e. The minimum atomic E-state index is 0. The average Bonchev–Trinajstić information content (AvgIpc) is 1.00. The topological polar surface area (TPSA) is 203 Å². The van der Waals surface area contributed by atoms with E-state index < -0.39 is 0 Å². The smallest absolute Gasteiger partial charge is 0.870 e. The summed E-state index contributed by atoms with van der Waals surface area (Å²) in [6.07, 6.45) is 0. The molecule has 0 unspecified atom stereocenters. The van der Waals surface area contributed by atoms with Crippen molar-refractivity contribution >= 4 is 0 Å². The van der Waals surface area contributed by atoms with E-state index >= 15 is 0 Å². The van der Waals surface area contributed by atoms with Gasteiger partial charge >= 0.3 is 59.1 Å². The predicted octanol–water partition coefficient (Wildman–Crippen LogP) is -8.75. The zero-order valence-corrected chi connectivity index (χ0v) is 16.2. The standard InChI is InChI=1S/CH4O.2Na.6H2O.2Zr/c1-2;;;;;;;;;;/h2H,1H3;;;6*1H2;;/q;2*+1;;;;;;;;/p-4. The number of rotatable bonds is 0. The summed E-state index contributed by atoms with van der Waals surface area (Å²) in [5.41, 5.74) is 0. The van der Waals surface area contributed by atoms with Crippen LogP contribution in [0.3, 0.4) is 0 Å². The van der Waals surface area contributed by atoms with E-state index in [-0.39, 0.29) is 144 Å². The quantitative estimate of drug-likeness (QED) is 0.414. The number of aliphatic hydroxyl groups is 1. The van der Waals surface area contributed by atoms with Gasteiger partial charge in [-0.3, -0.25) is 0 Å². The van der Waals surface area contributed by atoms with E-state index in [1.54, 1.807) is 0 Å². The van der Waals surface area contributed by atoms with E-state index in [0.717, 1.165) is 7.11 Å². The summed E-state index contributed by atoms with van der Waals surface area (Å²) >= 11 is 0. The van der Waals surface area contributed by atoms with E-state index in [9.17, 15) is 0 Å². The first-order valence-corrected chi connectivity index (χ1v) is 0.447. The van der Waals surface area contributed by atoms with Gasteiger partial charge in [0, 0.05) is 59.5 Å². The molecule has 0 bridgehead atoms. The first-order chi connectivity index (χ1) is 1.00. The Hall–Kier alpha value is 3.49. The van der Waals surface area contributed by atoms with Crippen LogP contribution in [0.1, 0.15) is 0 Å². The molecule has 0 amide bonds. The average molecular weight is 365 g/mol. The first-order valence-electron chi connectivity index (χ1n) is 0.447. The van der Waals surface area contributed by atoms with Crippen molar-refractivity contribution in [3.63, 3.8) is 0 Å². The molecule has 9 N–H and O–H groups in total. The molecular weight excluding hydrogens is 352 g/mol. The van der Waals surface area contributed by atoms with Crippen LogP contribution in [0.5, 0.6) is 0 Å². The van der Waals surface area contributed by atoms with Crippen LogP contribution in [0, 0.1) is 0 Å². The van der Waals surface area contributed by atoms with Crippen molar-refractivity contribution in [1.29, 1.82) is 0 Å². The van der Waals surface area contributed by atoms with Crippen LogP contribution in [0.2, 0.25) is 0 Å². The summed E-state index contributed by atoms with van der Waals surface area (Å²) in [6.45, 7) is 0. The van der Waals surface area contributed by atoms with E-state index in [2.05, 4.69) is 0 Å². The third-order valence-corrected chi connectivity index (χ3v) is 0. The van der Waals surface area contributed by atoms with Gasteiger partial charge in [0.05, 0.1) is 0 Å². The molecule has 11 heteroatoms. The molecule has 0 radical (unpaired) electrons. The zero-order chi connectivity index (χ0) is 2.00. The van der Waals surface area contributed by atoms with Gasteiger partial charge in [0.2, 0.25) is 0 Å². The molecule has 0 heterocycles. The van der Waals surface area contributed by atoms with Gasteiger partial charge in [0.15, 0.2) is 0 Å². The van der Waals surface area contributed by atoms with Crippen molar-refractivity contribution in [3.05, 3.63) is 0 Å². The van der Waals surface area contributed by atoms with Gasteiger partial charge < -0.3 is 38.0 Å². The van der Waals surface area contributed by atoms with Crippen LogP contribution in [0.25, 0.3) is 0 Å². The van der Waals surface area contributed by atoms with Gasteiger partial charge in [-0.05, 0) is 0 Å². The number of hydrogen-bond acceptors (Lipinski definition) is 5. The molecule has 0 aromatic carbocycles. The summed E-state index contributed by atoms with van der Waals surface area (Å²) in [4.78, 5) is 0. The summed E-state index contributed by atoms with van der Waals surface area (Å²) in [5.74, 6) is 0. The Kier molecular flexibility index (Phi) is 2920. The van der Waals surface area contributed by atoms with Crippen molar-refractivity contribution in [2.75, 3.05) is 7.11 Å². The SMILES string of the molecule is CO.O.O.[Na+].[Na+].[OH-].[OH-].[OH-].[OH-].[Zr].[Zr]. The third kappa shape index (κ3) is 173. The normalized spacial score (nSPS) is 0.500. The molecule has 0 aromatic rings. The Morgan fingerprint density at radius 3 is 0.583 bits per heavy atom. The Morgan fingerprint density at radius 1 is 0.583 bits per heavy atom. The molecule has 0 saturated carbocycles. The predicted molar refractivity (Wildman–Crippen MR) is 23.1 cm³/mol. The Bertz CT molecular complexity index is 19.4. The fourth-order valence-electron chi connectivity index (χ4n) is 0. The molecule has 0 aliphatic heterocycles. The fraction of sp³-hybridized carbons (Fsp3) is 1.00. The maximum Gasteiger partial charge on any atom is 1.00 e. The van der Waals surface area contributed by atoms with Gasteiger partial charge in [0.25, 0.3) is 0 Å². The summed E-state index contributed by atoms with van der Waals surface area (Å²) in [7, 11) is 1.00. The zero-order valence-electron chi connectivity index (χ0n) is 7.24. The Balaban J connectivity index is -0.000000000111. The molecule has 0 atom stereocenters. The van der Waals surface area contributed by atoms with Gasteiger partial charge in [-0.15, -0.1) is 0 Å². The molecule has 0 aliphatic rings. The molecule has 12 heavy (non-hydrogen) atoms. The maximum absolute atomic E-state index is 7.00. The van der Waals surface area contributed by atoms with Crippen molar-refractivity contribution < 1.29 is 149 Å². The van der Waals surface area contributed by atoms with Crippen molar-refractivity contribution in [2.24, 2.45) is 0 Å². The molecular formula is CH12Na2O7Zr2-2. The van der Waals surface area contributed by atoms with Crippen molar-refractivity contribution in [1.82, 2.24) is 0 Å². The van der Waals surface area contributed by atoms with Crippen LogP contribution in [-0.2, 0) is 52.4 Å². The Morgan fingerprint density at radius 2 is 0.583 bits per heavy atom. The van der Waals surface area contributed by atoms with Gasteiger partial charge in [0.1, 0.15) is 0 Å². The summed E-state index contributed by atoms with van der Waals surface area (Å²) in [6, 6.07) is 0. The first kappa shape index (κ1) is 161. The number of hydrogen-bond donors (Lipinski definition) is 1. The monoisotopic (exact) mass is 362 g/mol. The van der Waals surface area contributed by atoms with Crippen LogP contribution in [-0.4, -0.2) is 45.1 Å². The van der Waals surface area contributed by atoms with Crippen molar-refractivity contribution in [2.45, 2.75) is 0 Å². The van der Waals surface area contributed by atoms with Crippen LogP contribution < -0.4 is 59.1 Å². The molecule has 0 aromatic heterocycles. The molecule has 70 valence electrons. The molecule has 0 saturated heterocycles. The van der Waals surface area contributed by atoms with Crippen molar-refractivity contribution in [3.8, 4) is 0 Å². The Labute approximate surface area is 154 Å². The largest absolute Gasteiger partial charge is 1.00 e. The van der Waals surface area contributed by atoms with E-state index in [1.165, 1.54) is 0 Å². The van der Waals surface area contributed by atoms with Gasteiger partial charge in [-0.2, -0.15) is 0 Å². The molecule has 0 fully saturated rings. The van der Waals surface area contributed by atoms with Crippen LogP contribution in [0.15, 0.2) is 0 Å². The molecule has 0 spiro atoms. The van der Waals surface area contributed by atoms with Crippen LogP contribution >= 0.6 is 0 Å². The minimum absolute atomic E-state index is 0.